The molecule has 0 bridgehead atoms. The van der Waals surface area contributed by atoms with Gasteiger partial charge in [0.05, 0.1) is 12.0 Å². The van der Waals surface area contributed by atoms with Crippen molar-refractivity contribution >= 4 is 23.6 Å². The van der Waals surface area contributed by atoms with Gasteiger partial charge in [-0.3, -0.25) is 9.59 Å². The average molecular weight is 374 g/mol. The van der Waals surface area contributed by atoms with Gasteiger partial charge in [0.1, 0.15) is 0 Å². The number of hydrogen-bond acceptors (Lipinski definition) is 4. The molecule has 3 aliphatic heterocycles. The predicted octanol–water partition coefficient (Wildman–Crippen LogP) is 1.98. The SMILES string of the molecule is O=C(NCC1CCCN(C(=O)C2CSc3ccccc32)C1)C1CCCN1. The second kappa shape index (κ2) is 8.01. The monoisotopic (exact) mass is 373 g/mol. The van der Waals surface area contributed by atoms with Gasteiger partial charge in [0.25, 0.3) is 0 Å². The largest absolute Gasteiger partial charge is 0.354 e. The Labute approximate surface area is 159 Å². The number of hydrogen-bond donors (Lipinski definition) is 2. The van der Waals surface area contributed by atoms with Crippen molar-refractivity contribution in [1.29, 1.82) is 0 Å². The highest BCUT2D eigenvalue weighted by Gasteiger charge is 2.34. The van der Waals surface area contributed by atoms with Crippen molar-refractivity contribution in [3.8, 4) is 0 Å². The van der Waals surface area contributed by atoms with Crippen LogP contribution in [0.2, 0.25) is 0 Å². The number of carbonyl (C=O) groups is 2. The first-order valence-corrected chi connectivity index (χ1v) is 10.7. The molecule has 26 heavy (non-hydrogen) atoms. The van der Waals surface area contributed by atoms with Crippen LogP contribution in [0.3, 0.4) is 0 Å². The zero-order chi connectivity index (χ0) is 17.9. The van der Waals surface area contributed by atoms with Crippen LogP contribution < -0.4 is 10.6 Å². The van der Waals surface area contributed by atoms with E-state index in [2.05, 4.69) is 22.8 Å². The molecule has 3 heterocycles. The first kappa shape index (κ1) is 17.9. The fourth-order valence-electron chi connectivity index (χ4n) is 4.30. The Kier molecular flexibility index (Phi) is 5.50. The number of rotatable bonds is 4. The topological polar surface area (TPSA) is 61.4 Å². The maximum absolute atomic E-state index is 13.1. The fraction of sp³-hybridized carbons (Fsp3) is 0.600. The summed E-state index contributed by atoms with van der Waals surface area (Å²) in [5, 5.41) is 6.33. The van der Waals surface area contributed by atoms with E-state index in [1.165, 1.54) is 10.5 Å². The van der Waals surface area contributed by atoms with E-state index in [0.717, 1.165) is 51.1 Å². The predicted molar refractivity (Wildman–Crippen MR) is 103 cm³/mol. The number of nitrogens with zero attached hydrogens (tertiary/aromatic N) is 1. The van der Waals surface area contributed by atoms with Crippen molar-refractivity contribution in [2.75, 3.05) is 31.9 Å². The number of amides is 2. The van der Waals surface area contributed by atoms with Crippen LogP contribution in [0.4, 0.5) is 0 Å². The molecule has 3 atom stereocenters. The summed E-state index contributed by atoms with van der Waals surface area (Å²) in [4.78, 5) is 28.5. The lowest BCUT2D eigenvalue weighted by atomic mass is 9.94. The molecule has 140 valence electrons. The molecule has 0 saturated carbocycles. The van der Waals surface area contributed by atoms with E-state index in [4.69, 9.17) is 0 Å². The number of fused-ring (bicyclic) bond motifs is 1. The summed E-state index contributed by atoms with van der Waals surface area (Å²) in [5.74, 6) is 1.58. The summed E-state index contributed by atoms with van der Waals surface area (Å²) in [7, 11) is 0. The molecular weight excluding hydrogens is 346 g/mol. The Morgan fingerprint density at radius 3 is 2.96 bits per heavy atom. The third kappa shape index (κ3) is 3.76. The van der Waals surface area contributed by atoms with Gasteiger partial charge in [0.2, 0.25) is 11.8 Å². The average Bonchev–Trinajstić information content (AvgIpc) is 3.35. The smallest absolute Gasteiger partial charge is 0.237 e. The lowest BCUT2D eigenvalue weighted by molar-refractivity contribution is -0.134. The van der Waals surface area contributed by atoms with Gasteiger partial charge in [-0.15, -0.1) is 11.8 Å². The van der Waals surface area contributed by atoms with Crippen LogP contribution in [0.5, 0.6) is 0 Å². The van der Waals surface area contributed by atoms with Crippen LogP contribution in [-0.2, 0) is 9.59 Å². The third-order valence-corrected chi connectivity index (χ3v) is 6.95. The minimum atomic E-state index is -0.0247. The van der Waals surface area contributed by atoms with Gasteiger partial charge in [0, 0.05) is 30.3 Å². The highest BCUT2D eigenvalue weighted by atomic mass is 32.2. The van der Waals surface area contributed by atoms with Gasteiger partial charge in [0.15, 0.2) is 0 Å². The molecule has 1 aromatic rings. The van der Waals surface area contributed by atoms with Gasteiger partial charge in [-0.1, -0.05) is 18.2 Å². The number of carbonyl (C=O) groups excluding carboxylic acids is 2. The Morgan fingerprint density at radius 2 is 2.12 bits per heavy atom. The first-order valence-electron chi connectivity index (χ1n) is 9.74. The van der Waals surface area contributed by atoms with Crippen LogP contribution in [0.1, 0.15) is 37.2 Å². The van der Waals surface area contributed by atoms with Crippen LogP contribution in [0, 0.1) is 5.92 Å². The molecule has 0 aliphatic carbocycles. The van der Waals surface area contributed by atoms with Crippen molar-refractivity contribution in [3.63, 3.8) is 0 Å². The maximum Gasteiger partial charge on any atom is 0.237 e. The van der Waals surface area contributed by atoms with Crippen LogP contribution >= 0.6 is 11.8 Å². The van der Waals surface area contributed by atoms with E-state index in [9.17, 15) is 9.59 Å². The van der Waals surface area contributed by atoms with Crippen molar-refractivity contribution < 1.29 is 9.59 Å². The Morgan fingerprint density at radius 1 is 1.23 bits per heavy atom. The van der Waals surface area contributed by atoms with E-state index in [0.29, 0.717) is 12.5 Å². The minimum Gasteiger partial charge on any atom is -0.354 e. The van der Waals surface area contributed by atoms with E-state index in [-0.39, 0.29) is 23.8 Å². The molecule has 2 saturated heterocycles. The highest BCUT2D eigenvalue weighted by Crippen LogP contribution is 2.40. The van der Waals surface area contributed by atoms with Crippen LogP contribution in [0.25, 0.3) is 0 Å². The Balaban J connectivity index is 1.32. The molecular formula is C20H27N3O2S. The Hall–Kier alpha value is -1.53. The minimum absolute atomic E-state index is 0.00719. The standard InChI is InChI=1S/C20H27N3O2S/c24-19(17-7-3-9-21-17)22-11-14-5-4-10-23(12-14)20(25)16-13-26-18-8-2-1-6-15(16)18/h1-2,6,8,14,16-17,21H,3-5,7,9-13H2,(H,22,24). The van der Waals surface area contributed by atoms with E-state index < -0.39 is 0 Å². The quantitative estimate of drug-likeness (QED) is 0.847. The van der Waals surface area contributed by atoms with Crippen molar-refractivity contribution in [2.24, 2.45) is 5.92 Å². The lowest BCUT2D eigenvalue weighted by Gasteiger charge is -2.34. The van der Waals surface area contributed by atoms with Crippen molar-refractivity contribution in [3.05, 3.63) is 29.8 Å². The van der Waals surface area contributed by atoms with Gasteiger partial charge < -0.3 is 15.5 Å². The van der Waals surface area contributed by atoms with Crippen LogP contribution in [-0.4, -0.2) is 54.7 Å². The molecule has 0 radical (unpaired) electrons. The number of thioether (sulfide) groups is 1. The molecule has 2 amide bonds. The zero-order valence-electron chi connectivity index (χ0n) is 15.1. The molecule has 2 N–H and O–H groups in total. The Bertz CT molecular complexity index is 675. The molecule has 3 unspecified atom stereocenters. The normalized spacial score (nSPS) is 28.0. The van der Waals surface area contributed by atoms with Crippen LogP contribution in [0.15, 0.2) is 29.2 Å². The summed E-state index contributed by atoms with van der Waals surface area (Å²) >= 11 is 1.79. The molecule has 3 aliphatic rings. The van der Waals surface area contributed by atoms with Gasteiger partial charge in [-0.25, -0.2) is 0 Å². The third-order valence-electron chi connectivity index (χ3n) is 5.77. The highest BCUT2D eigenvalue weighted by molar-refractivity contribution is 7.99. The molecule has 4 rings (SSSR count). The lowest BCUT2D eigenvalue weighted by Crippen LogP contribution is -2.47. The number of benzene rings is 1. The molecule has 0 aromatic heterocycles. The summed E-state index contributed by atoms with van der Waals surface area (Å²) in [6.45, 7) is 3.22. The van der Waals surface area contributed by atoms with Crippen molar-refractivity contribution in [2.45, 2.75) is 42.5 Å². The fourth-order valence-corrected chi connectivity index (χ4v) is 5.52. The molecule has 5 nitrogen and oxygen atoms in total. The number of nitrogens with one attached hydrogen (secondary N) is 2. The number of piperidine rings is 1. The van der Waals surface area contributed by atoms with Gasteiger partial charge >= 0.3 is 0 Å². The molecule has 0 spiro atoms. The summed E-state index contributed by atoms with van der Waals surface area (Å²) in [6.07, 6.45) is 4.11. The molecule has 1 aromatic carbocycles. The van der Waals surface area contributed by atoms with E-state index in [1.807, 2.05) is 17.0 Å². The summed E-state index contributed by atoms with van der Waals surface area (Å²) < 4.78 is 0. The van der Waals surface area contributed by atoms with E-state index >= 15 is 0 Å². The summed E-state index contributed by atoms with van der Waals surface area (Å²) in [5.41, 5.74) is 1.19. The second-order valence-electron chi connectivity index (χ2n) is 7.59. The van der Waals surface area contributed by atoms with Crippen molar-refractivity contribution in [1.82, 2.24) is 15.5 Å². The number of likely N-dealkylation sites (tertiary alicyclic amines) is 1. The first-order chi connectivity index (χ1) is 12.7. The molecule has 6 heteroatoms. The maximum atomic E-state index is 13.1. The second-order valence-corrected chi connectivity index (χ2v) is 8.65. The van der Waals surface area contributed by atoms with E-state index in [1.54, 1.807) is 11.8 Å². The molecule has 2 fully saturated rings. The zero-order valence-corrected chi connectivity index (χ0v) is 15.9. The van der Waals surface area contributed by atoms with Gasteiger partial charge in [-0.05, 0) is 49.8 Å². The van der Waals surface area contributed by atoms with Gasteiger partial charge in [-0.2, -0.15) is 0 Å². The summed E-state index contributed by atoms with van der Waals surface area (Å²) in [6, 6.07) is 8.24.